The van der Waals surface area contributed by atoms with Gasteiger partial charge in [-0.15, -0.1) is 5.10 Å². The Labute approximate surface area is 183 Å². The number of urea groups is 1. The van der Waals surface area contributed by atoms with Crippen molar-refractivity contribution >= 4 is 28.5 Å². The zero-order chi connectivity index (χ0) is 21.8. The molecule has 2 aromatic heterocycles. The van der Waals surface area contributed by atoms with E-state index in [4.69, 9.17) is 13.9 Å². The number of ether oxygens (including phenoxy) is 2. The predicted molar refractivity (Wildman–Crippen MR) is 117 cm³/mol. The van der Waals surface area contributed by atoms with E-state index in [9.17, 15) is 4.79 Å². The minimum atomic E-state index is -0.304. The lowest BCUT2D eigenvalue weighted by atomic mass is 10.1. The van der Waals surface area contributed by atoms with Crippen molar-refractivity contribution in [2.45, 2.75) is 19.4 Å². The van der Waals surface area contributed by atoms with Gasteiger partial charge in [0.2, 0.25) is 5.89 Å². The van der Waals surface area contributed by atoms with Crippen LogP contribution < -0.4 is 20.3 Å². The SMILES string of the molecule is CCOc1cccc(-c2nnc(N3CCc4nc(NC(=O)NC)sc4[C@@H]3COC)o2)c1. The van der Waals surface area contributed by atoms with Gasteiger partial charge in [0.1, 0.15) is 5.75 Å². The second-order valence-electron chi connectivity index (χ2n) is 6.80. The second kappa shape index (κ2) is 9.31. The topological polar surface area (TPSA) is 115 Å². The first-order valence-corrected chi connectivity index (χ1v) is 10.7. The minimum absolute atomic E-state index is 0.144. The van der Waals surface area contributed by atoms with Gasteiger partial charge < -0.3 is 24.1 Å². The molecule has 0 radical (unpaired) electrons. The number of anilines is 2. The lowest BCUT2D eigenvalue weighted by Crippen LogP contribution is -2.37. The van der Waals surface area contributed by atoms with E-state index in [1.807, 2.05) is 36.1 Å². The van der Waals surface area contributed by atoms with Gasteiger partial charge in [-0.2, -0.15) is 0 Å². The Morgan fingerprint density at radius 2 is 2.26 bits per heavy atom. The fourth-order valence-corrected chi connectivity index (χ4v) is 4.53. The number of carbonyl (C=O) groups excluding carboxylic acids is 1. The fraction of sp³-hybridized carbons (Fsp3) is 0.400. The molecule has 11 heteroatoms. The summed E-state index contributed by atoms with van der Waals surface area (Å²) in [6.45, 7) is 3.59. The molecule has 0 aliphatic carbocycles. The zero-order valence-corrected chi connectivity index (χ0v) is 18.4. The van der Waals surface area contributed by atoms with Gasteiger partial charge >= 0.3 is 12.0 Å². The van der Waals surface area contributed by atoms with Crippen LogP contribution in [0.2, 0.25) is 0 Å². The predicted octanol–water partition coefficient (Wildman–Crippen LogP) is 3.09. The maximum absolute atomic E-state index is 11.7. The summed E-state index contributed by atoms with van der Waals surface area (Å²) in [7, 11) is 3.21. The average Bonchev–Trinajstić information content (AvgIpc) is 3.42. The van der Waals surface area contributed by atoms with Gasteiger partial charge in [0.15, 0.2) is 5.13 Å². The fourth-order valence-electron chi connectivity index (χ4n) is 3.43. The number of methoxy groups -OCH3 is 1. The van der Waals surface area contributed by atoms with Crippen molar-refractivity contribution in [3.63, 3.8) is 0 Å². The van der Waals surface area contributed by atoms with E-state index in [0.29, 0.717) is 43.2 Å². The summed E-state index contributed by atoms with van der Waals surface area (Å²) in [4.78, 5) is 19.3. The second-order valence-corrected chi connectivity index (χ2v) is 7.83. The van der Waals surface area contributed by atoms with Crippen LogP contribution in [0.15, 0.2) is 28.7 Å². The number of hydrogen-bond donors (Lipinski definition) is 2. The van der Waals surface area contributed by atoms with Crippen LogP contribution in [0, 0.1) is 0 Å². The summed E-state index contributed by atoms with van der Waals surface area (Å²) in [5, 5.41) is 14.3. The molecular weight excluding hydrogens is 420 g/mol. The van der Waals surface area contributed by atoms with Gasteiger partial charge in [-0.25, -0.2) is 9.78 Å². The number of amides is 2. The molecule has 3 heterocycles. The van der Waals surface area contributed by atoms with Crippen LogP contribution in [0.25, 0.3) is 11.5 Å². The van der Waals surface area contributed by atoms with Crippen LogP contribution >= 0.6 is 11.3 Å². The Bertz CT molecular complexity index is 1050. The van der Waals surface area contributed by atoms with E-state index in [2.05, 4.69) is 25.8 Å². The first-order valence-electron chi connectivity index (χ1n) is 9.93. The van der Waals surface area contributed by atoms with Gasteiger partial charge in [-0.1, -0.05) is 22.5 Å². The molecule has 1 atom stereocenters. The highest BCUT2D eigenvalue weighted by Gasteiger charge is 2.34. The molecule has 1 aliphatic heterocycles. The van der Waals surface area contributed by atoms with E-state index in [0.717, 1.165) is 21.9 Å². The highest BCUT2D eigenvalue weighted by Crippen LogP contribution is 2.39. The monoisotopic (exact) mass is 444 g/mol. The van der Waals surface area contributed by atoms with E-state index < -0.39 is 0 Å². The summed E-state index contributed by atoms with van der Waals surface area (Å²) in [5.41, 5.74) is 1.74. The van der Waals surface area contributed by atoms with Crippen LogP contribution in [0.4, 0.5) is 15.9 Å². The van der Waals surface area contributed by atoms with E-state index in [1.165, 1.54) is 11.3 Å². The summed E-state index contributed by atoms with van der Waals surface area (Å²) >= 11 is 1.42. The van der Waals surface area contributed by atoms with E-state index in [1.54, 1.807) is 14.2 Å². The number of nitrogens with zero attached hydrogens (tertiary/aromatic N) is 4. The van der Waals surface area contributed by atoms with Crippen molar-refractivity contribution < 1.29 is 18.7 Å². The maximum atomic E-state index is 11.7. The van der Waals surface area contributed by atoms with Crippen LogP contribution in [0.3, 0.4) is 0 Å². The molecule has 1 aliphatic rings. The number of fused-ring (bicyclic) bond motifs is 1. The van der Waals surface area contributed by atoms with Gasteiger partial charge in [0.25, 0.3) is 0 Å². The molecule has 10 nitrogen and oxygen atoms in total. The van der Waals surface area contributed by atoms with Crippen molar-refractivity contribution in [1.82, 2.24) is 20.5 Å². The van der Waals surface area contributed by atoms with Crippen molar-refractivity contribution in [1.29, 1.82) is 0 Å². The third kappa shape index (κ3) is 4.47. The number of rotatable bonds is 7. The minimum Gasteiger partial charge on any atom is -0.494 e. The highest BCUT2D eigenvalue weighted by molar-refractivity contribution is 7.16. The molecule has 0 spiro atoms. The van der Waals surface area contributed by atoms with Gasteiger partial charge in [-0.3, -0.25) is 5.32 Å². The van der Waals surface area contributed by atoms with Crippen LogP contribution in [0.5, 0.6) is 5.75 Å². The molecule has 0 fully saturated rings. The largest absolute Gasteiger partial charge is 0.494 e. The molecule has 2 N–H and O–H groups in total. The Balaban J connectivity index is 1.60. The lowest BCUT2D eigenvalue weighted by molar-refractivity contribution is 0.174. The molecule has 2 amide bonds. The standard InChI is InChI=1S/C20H24N6O4S/c1-4-29-13-7-5-6-12(10-13)17-24-25-20(30-17)26-9-8-14-16(15(26)11-28-3)31-19(22-14)23-18(27)21-2/h5-7,10,15H,4,8-9,11H2,1-3H3,(H2,21,22,23,27)/t15-/m0/s1. The van der Waals surface area contributed by atoms with E-state index >= 15 is 0 Å². The van der Waals surface area contributed by atoms with Gasteiger partial charge in [-0.05, 0) is 25.1 Å². The molecule has 164 valence electrons. The summed E-state index contributed by atoms with van der Waals surface area (Å²) < 4.78 is 17.0. The summed E-state index contributed by atoms with van der Waals surface area (Å²) in [6.07, 6.45) is 0.693. The number of benzene rings is 1. The third-order valence-corrected chi connectivity index (χ3v) is 5.93. The van der Waals surface area contributed by atoms with Crippen LogP contribution in [-0.4, -0.2) is 55.1 Å². The normalized spacial score (nSPS) is 15.5. The van der Waals surface area contributed by atoms with Gasteiger partial charge in [0, 0.05) is 32.7 Å². The number of nitrogens with one attached hydrogen (secondary N) is 2. The molecule has 31 heavy (non-hydrogen) atoms. The lowest BCUT2D eigenvalue weighted by Gasteiger charge is -2.32. The number of carbonyl (C=O) groups is 1. The number of hydrogen-bond acceptors (Lipinski definition) is 9. The van der Waals surface area contributed by atoms with Crippen LogP contribution in [-0.2, 0) is 11.2 Å². The van der Waals surface area contributed by atoms with Crippen LogP contribution in [0.1, 0.15) is 23.5 Å². The first kappa shape index (κ1) is 21.1. The Morgan fingerprint density at radius 3 is 3.03 bits per heavy atom. The molecule has 3 aromatic rings. The smallest absolute Gasteiger partial charge is 0.320 e. The third-order valence-electron chi connectivity index (χ3n) is 4.82. The van der Waals surface area contributed by atoms with Crippen molar-refractivity contribution in [3.05, 3.63) is 34.8 Å². The quantitative estimate of drug-likeness (QED) is 0.571. The molecule has 1 aromatic carbocycles. The maximum Gasteiger partial charge on any atom is 0.320 e. The van der Waals surface area contributed by atoms with E-state index in [-0.39, 0.29) is 12.1 Å². The molecule has 0 saturated carbocycles. The van der Waals surface area contributed by atoms with Gasteiger partial charge in [0.05, 0.1) is 29.8 Å². The Hall–Kier alpha value is -3.18. The molecule has 0 saturated heterocycles. The zero-order valence-electron chi connectivity index (χ0n) is 17.5. The molecule has 0 unspecified atom stereocenters. The Morgan fingerprint density at radius 1 is 1.39 bits per heavy atom. The summed E-state index contributed by atoms with van der Waals surface area (Å²) in [5.74, 6) is 1.17. The molecule has 0 bridgehead atoms. The van der Waals surface area contributed by atoms with Crippen molar-refractivity contribution in [3.8, 4) is 17.2 Å². The van der Waals surface area contributed by atoms with Crippen molar-refractivity contribution in [2.75, 3.05) is 44.1 Å². The highest BCUT2D eigenvalue weighted by atomic mass is 32.1. The summed E-state index contributed by atoms with van der Waals surface area (Å²) in [6, 6.07) is 7.53. The number of thiazole rings is 1. The van der Waals surface area contributed by atoms with Crippen molar-refractivity contribution in [2.24, 2.45) is 0 Å². The first-order chi connectivity index (χ1) is 15.1. The molecule has 4 rings (SSSR count). The molecular formula is C20H24N6O4S. The Kier molecular flexibility index (Phi) is 6.33. The average molecular weight is 445 g/mol. The number of aromatic nitrogens is 3.